The van der Waals surface area contributed by atoms with E-state index < -0.39 is 47.0 Å². The average molecular weight is 726 g/mol. The van der Waals surface area contributed by atoms with Crippen LogP contribution in [0.15, 0.2) is 76.6 Å². The number of aromatic nitrogens is 1. The summed E-state index contributed by atoms with van der Waals surface area (Å²) < 4.78 is 48.2. The molecule has 49 heavy (non-hydrogen) atoms. The molecule has 2 aliphatic carbocycles. The van der Waals surface area contributed by atoms with E-state index in [4.69, 9.17) is 16.3 Å². The molecule has 3 fully saturated rings. The van der Waals surface area contributed by atoms with Crippen LogP contribution in [0.1, 0.15) is 33.9 Å². The monoisotopic (exact) mass is 725 g/mol. The first kappa shape index (κ1) is 32.2. The van der Waals surface area contributed by atoms with Crippen LogP contribution in [-0.4, -0.2) is 34.6 Å². The third-order valence-electron chi connectivity index (χ3n) is 10.2. The Balaban J connectivity index is 1.15. The lowest BCUT2D eigenvalue weighted by Gasteiger charge is -2.43. The van der Waals surface area contributed by atoms with Gasteiger partial charge in [0.1, 0.15) is 5.75 Å². The molecule has 0 spiro atoms. The van der Waals surface area contributed by atoms with Crippen molar-refractivity contribution in [2.75, 3.05) is 16.8 Å². The number of aryl methyl sites for hydroxylation is 1. The van der Waals surface area contributed by atoms with Crippen molar-refractivity contribution in [3.63, 3.8) is 0 Å². The Morgan fingerprint density at radius 3 is 2.47 bits per heavy atom. The summed E-state index contributed by atoms with van der Waals surface area (Å²) in [6.45, 7) is 1.63. The van der Waals surface area contributed by atoms with Crippen LogP contribution in [0.2, 0.25) is 5.02 Å². The van der Waals surface area contributed by atoms with E-state index in [0.717, 1.165) is 32.7 Å². The molecular formula is C35H27ClF3N3O5S2. The molecule has 2 saturated carbocycles. The molecule has 4 aliphatic rings. The molecule has 1 aromatic heterocycles. The number of rotatable bonds is 6. The van der Waals surface area contributed by atoms with Gasteiger partial charge >= 0.3 is 11.0 Å². The van der Waals surface area contributed by atoms with Crippen LogP contribution >= 0.6 is 34.7 Å². The van der Waals surface area contributed by atoms with Crippen molar-refractivity contribution in [2.45, 2.75) is 35.7 Å². The van der Waals surface area contributed by atoms with E-state index in [1.165, 1.54) is 30.0 Å². The van der Waals surface area contributed by atoms with E-state index in [1.807, 2.05) is 19.1 Å². The van der Waals surface area contributed by atoms with E-state index in [-0.39, 0.29) is 40.4 Å². The summed E-state index contributed by atoms with van der Waals surface area (Å²) in [5.74, 6) is -4.29. The van der Waals surface area contributed by atoms with Crippen LogP contribution in [0.4, 0.5) is 24.5 Å². The molecule has 3 amide bonds. The lowest BCUT2D eigenvalue weighted by molar-refractivity contribution is -0.137. The number of halogens is 4. The number of fused-ring (bicyclic) bond motifs is 9. The highest BCUT2D eigenvalue weighted by Gasteiger charge is 2.70. The molecule has 252 valence electrons. The SMILES string of the molecule is Cc1ccc(NC(=O)COc2ccc(Cl)cc2[C@H]2c3sc(=O)[nH]c3SC3C2[C@H]2C[C@@H]3C3C(=O)N(c4ccccc4C(F)(F)F)C(=O)C32)cc1. The van der Waals surface area contributed by atoms with Crippen molar-refractivity contribution in [1.82, 2.24) is 4.98 Å². The van der Waals surface area contributed by atoms with E-state index >= 15 is 0 Å². The Kier molecular flexibility index (Phi) is 7.72. The van der Waals surface area contributed by atoms with Crippen molar-refractivity contribution in [3.05, 3.63) is 103 Å². The van der Waals surface area contributed by atoms with Gasteiger partial charge in [0.25, 0.3) is 5.91 Å². The summed E-state index contributed by atoms with van der Waals surface area (Å²) in [7, 11) is 0. The quantitative estimate of drug-likeness (QED) is 0.205. The van der Waals surface area contributed by atoms with Gasteiger partial charge in [-0.25, -0.2) is 4.90 Å². The molecule has 7 atom stereocenters. The van der Waals surface area contributed by atoms with Gasteiger partial charge in [-0.2, -0.15) is 13.2 Å². The topological polar surface area (TPSA) is 109 Å². The smallest absolute Gasteiger partial charge is 0.418 e. The van der Waals surface area contributed by atoms with Gasteiger partial charge in [0, 0.05) is 32.3 Å². The molecule has 14 heteroatoms. The minimum atomic E-state index is -4.76. The van der Waals surface area contributed by atoms with Crippen molar-refractivity contribution in [3.8, 4) is 5.75 Å². The minimum absolute atomic E-state index is 0.222. The Morgan fingerprint density at radius 2 is 1.73 bits per heavy atom. The highest BCUT2D eigenvalue weighted by atomic mass is 35.5. The van der Waals surface area contributed by atoms with Crippen molar-refractivity contribution in [1.29, 1.82) is 0 Å². The van der Waals surface area contributed by atoms with Gasteiger partial charge in [0.05, 0.1) is 28.1 Å². The molecular weight excluding hydrogens is 699 g/mol. The zero-order valence-electron chi connectivity index (χ0n) is 25.6. The molecule has 8 nitrogen and oxygen atoms in total. The van der Waals surface area contributed by atoms with E-state index in [1.54, 1.807) is 30.3 Å². The third kappa shape index (κ3) is 5.28. The van der Waals surface area contributed by atoms with Crippen LogP contribution in [0, 0.1) is 36.5 Å². The third-order valence-corrected chi connectivity index (χ3v) is 13.0. The fraction of sp³-hybridized carbons (Fsp3) is 0.314. The molecule has 4 aromatic rings. The molecule has 4 unspecified atom stereocenters. The van der Waals surface area contributed by atoms with Crippen LogP contribution in [-0.2, 0) is 20.6 Å². The van der Waals surface area contributed by atoms with E-state index in [9.17, 15) is 32.3 Å². The number of aromatic amines is 1. The predicted molar refractivity (Wildman–Crippen MR) is 179 cm³/mol. The summed E-state index contributed by atoms with van der Waals surface area (Å²) in [5.41, 5.74) is 0.792. The van der Waals surface area contributed by atoms with Crippen molar-refractivity contribution < 1.29 is 32.3 Å². The Bertz CT molecular complexity index is 2080. The van der Waals surface area contributed by atoms with Crippen LogP contribution in [0.5, 0.6) is 5.75 Å². The van der Waals surface area contributed by atoms with Crippen molar-refractivity contribution >= 4 is 63.8 Å². The molecule has 8 rings (SSSR count). The molecule has 2 bridgehead atoms. The number of para-hydroxylation sites is 1. The number of alkyl halides is 3. The fourth-order valence-corrected chi connectivity index (χ4v) is 11.4. The molecule has 2 N–H and O–H groups in total. The number of nitrogens with zero attached hydrogens (tertiary/aromatic N) is 1. The maximum absolute atomic E-state index is 14.1. The lowest BCUT2D eigenvalue weighted by atomic mass is 9.68. The summed E-state index contributed by atoms with van der Waals surface area (Å²) >= 11 is 9.03. The predicted octanol–water partition coefficient (Wildman–Crippen LogP) is 7.11. The zero-order valence-corrected chi connectivity index (χ0v) is 28.0. The number of thiazole rings is 1. The first-order chi connectivity index (χ1) is 23.4. The number of amides is 3. The second-order valence-corrected chi connectivity index (χ2v) is 15.5. The summed E-state index contributed by atoms with van der Waals surface area (Å²) in [4.78, 5) is 57.8. The Labute approximate surface area is 291 Å². The lowest BCUT2D eigenvalue weighted by Crippen LogP contribution is -2.42. The minimum Gasteiger partial charge on any atom is -0.483 e. The highest BCUT2D eigenvalue weighted by Crippen LogP contribution is 2.69. The van der Waals surface area contributed by atoms with Crippen LogP contribution < -0.4 is 19.8 Å². The number of anilines is 2. The number of thioether (sulfide) groups is 1. The maximum atomic E-state index is 14.1. The zero-order chi connectivity index (χ0) is 34.4. The summed E-state index contributed by atoms with van der Waals surface area (Å²) in [6, 6.07) is 17.0. The summed E-state index contributed by atoms with van der Waals surface area (Å²) in [5, 5.41) is 3.63. The van der Waals surface area contributed by atoms with Crippen LogP contribution in [0.3, 0.4) is 0 Å². The number of hydrogen-bond acceptors (Lipinski definition) is 7. The summed E-state index contributed by atoms with van der Waals surface area (Å²) in [6.07, 6.45) is -4.22. The first-order valence-electron chi connectivity index (χ1n) is 15.6. The molecule has 1 saturated heterocycles. The Hall–Kier alpha value is -4.07. The number of hydrogen-bond donors (Lipinski definition) is 2. The first-order valence-corrected chi connectivity index (χ1v) is 17.7. The van der Waals surface area contributed by atoms with Gasteiger partial charge in [-0.3, -0.25) is 19.2 Å². The number of imide groups is 1. The average Bonchev–Trinajstić information content (AvgIpc) is 3.80. The second kappa shape index (κ2) is 11.8. The largest absolute Gasteiger partial charge is 0.483 e. The van der Waals surface area contributed by atoms with Gasteiger partial charge in [-0.05, 0) is 73.6 Å². The Morgan fingerprint density at radius 1 is 1.02 bits per heavy atom. The van der Waals surface area contributed by atoms with Gasteiger partial charge in [0.15, 0.2) is 6.61 Å². The number of ether oxygens (including phenoxy) is 1. The standard InChI is InChI=1S/C35H27ClF3N3O5S2/c1-15-6-9-17(10-7-15)40-24(43)14-47-23-11-8-16(36)12-18(23)25-26-19-13-20(29(26)48-31-30(25)49-34(46)41-31)28-27(19)32(44)42(33(28)45)22-5-3-2-4-21(22)35(37,38)39/h2-12,19-20,25-29H,13-14H2,1H3,(H,40,43)(H,41,46)/t19-,20-,25-,26?,27?,28?,29?/m1/s1. The second-order valence-electron chi connectivity index (χ2n) is 12.9. The normalized spacial score (nSPS) is 26.8. The van der Waals surface area contributed by atoms with Gasteiger partial charge in [-0.15, -0.1) is 11.8 Å². The maximum Gasteiger partial charge on any atom is 0.418 e. The molecule has 3 heterocycles. The molecule has 3 aromatic carbocycles. The fourth-order valence-electron chi connectivity index (χ4n) is 8.38. The number of nitrogens with one attached hydrogen (secondary N) is 2. The highest BCUT2D eigenvalue weighted by molar-refractivity contribution is 8.00. The molecule has 0 radical (unpaired) electrons. The number of H-pyrrole nitrogens is 1. The van der Waals surface area contributed by atoms with Gasteiger partial charge in [0.2, 0.25) is 11.8 Å². The number of carbonyl (C=O) groups excluding carboxylic acids is 3. The van der Waals surface area contributed by atoms with Crippen molar-refractivity contribution in [2.24, 2.45) is 29.6 Å². The number of carbonyl (C=O) groups is 3. The van der Waals surface area contributed by atoms with Gasteiger partial charge in [-0.1, -0.05) is 52.8 Å². The number of benzene rings is 3. The molecule has 2 aliphatic heterocycles. The van der Waals surface area contributed by atoms with Crippen LogP contribution in [0.25, 0.3) is 0 Å². The van der Waals surface area contributed by atoms with E-state index in [2.05, 4.69) is 10.3 Å². The van der Waals surface area contributed by atoms with Gasteiger partial charge < -0.3 is 15.0 Å². The van der Waals surface area contributed by atoms with E-state index in [0.29, 0.717) is 33.5 Å².